The lowest BCUT2D eigenvalue weighted by Crippen LogP contribution is -2.19. The molecule has 0 radical (unpaired) electrons. The Morgan fingerprint density at radius 2 is 2.33 bits per heavy atom. The highest BCUT2D eigenvalue weighted by molar-refractivity contribution is 7.78. The molecule has 1 aliphatic carbocycles. The van der Waals surface area contributed by atoms with Gasteiger partial charge in [0.1, 0.15) is 0 Å². The summed E-state index contributed by atoms with van der Waals surface area (Å²) < 4.78 is 0. The Kier molecular flexibility index (Phi) is 2.03. The average Bonchev–Trinajstić information content (AvgIpc) is 2.07. The van der Waals surface area contributed by atoms with Gasteiger partial charge in [0.25, 0.3) is 0 Å². The van der Waals surface area contributed by atoms with E-state index in [1.807, 2.05) is 0 Å². The van der Waals surface area contributed by atoms with Gasteiger partial charge in [-0.3, -0.25) is 0 Å². The van der Waals surface area contributed by atoms with Crippen LogP contribution < -0.4 is 0 Å². The number of thiocarbonyl (C=S) groups is 1. The molecule has 1 nitrogen and oxygen atoms in total. The smallest absolute Gasteiger partial charge is 0.0585 e. The Morgan fingerprint density at radius 1 is 1.50 bits per heavy atom. The molecule has 0 N–H and O–H groups in total. The molecule has 0 spiro atoms. The van der Waals surface area contributed by atoms with E-state index in [0.717, 1.165) is 13.0 Å². The van der Waals surface area contributed by atoms with Gasteiger partial charge in [0.2, 0.25) is 0 Å². The number of benzene rings is 1. The summed E-state index contributed by atoms with van der Waals surface area (Å²) in [5.41, 5.74) is 2.90. The van der Waals surface area contributed by atoms with Crippen LogP contribution in [0, 0.1) is 0 Å². The van der Waals surface area contributed by atoms with Gasteiger partial charge in [-0.05, 0) is 29.8 Å². The molecule has 1 unspecified atom stereocenters. The zero-order valence-electron chi connectivity index (χ0n) is 6.66. The predicted octanol–water partition coefficient (Wildman–Crippen LogP) is 2.43. The summed E-state index contributed by atoms with van der Waals surface area (Å²) >= 11 is 4.52. The maximum absolute atomic E-state index is 4.52. The minimum absolute atomic E-state index is 0.594. The van der Waals surface area contributed by atoms with E-state index in [-0.39, 0.29) is 0 Å². The number of rotatable bonds is 2. The van der Waals surface area contributed by atoms with E-state index in [4.69, 9.17) is 0 Å². The highest BCUT2D eigenvalue weighted by Crippen LogP contribution is 2.34. The molecule has 1 atom stereocenters. The first-order chi connectivity index (χ1) is 5.92. The molecule has 0 bridgehead atoms. The van der Waals surface area contributed by atoms with E-state index in [2.05, 4.69) is 46.6 Å². The summed E-state index contributed by atoms with van der Waals surface area (Å²) in [7, 11) is 0. The van der Waals surface area contributed by atoms with Crippen LogP contribution in [0.2, 0.25) is 0 Å². The fraction of sp³-hybridized carbons (Fsp3) is 0.300. The van der Waals surface area contributed by atoms with Crippen LogP contribution in [0.5, 0.6) is 0 Å². The van der Waals surface area contributed by atoms with Crippen LogP contribution in [0.1, 0.15) is 17.0 Å². The molecule has 0 fully saturated rings. The molecule has 0 heterocycles. The first-order valence-corrected chi connectivity index (χ1v) is 4.44. The van der Waals surface area contributed by atoms with Crippen LogP contribution in [0.3, 0.4) is 0 Å². The van der Waals surface area contributed by atoms with Crippen LogP contribution in [0.25, 0.3) is 0 Å². The van der Waals surface area contributed by atoms with Gasteiger partial charge >= 0.3 is 0 Å². The lowest BCUT2D eigenvalue weighted by Gasteiger charge is -2.28. The maximum Gasteiger partial charge on any atom is 0.0585 e. The standard InChI is InChI=1S/C10H9NS/c12-7-11-6-9-5-8-3-1-2-4-10(8)9/h1-4,9H,5-6H2. The van der Waals surface area contributed by atoms with Crippen molar-refractivity contribution in [2.75, 3.05) is 6.54 Å². The Bertz CT molecular complexity index is 339. The lowest BCUT2D eigenvalue weighted by atomic mass is 9.78. The fourth-order valence-electron chi connectivity index (χ4n) is 1.67. The number of fused-ring (bicyclic) bond motifs is 1. The second-order valence-electron chi connectivity index (χ2n) is 3.03. The van der Waals surface area contributed by atoms with Gasteiger partial charge in [-0.1, -0.05) is 24.3 Å². The molecule has 1 aromatic rings. The zero-order valence-corrected chi connectivity index (χ0v) is 7.47. The molecular formula is C10H9NS. The third-order valence-corrected chi connectivity index (χ3v) is 2.47. The Balaban J connectivity index is 2.14. The molecule has 0 amide bonds. The maximum atomic E-state index is 4.52. The molecule has 0 aliphatic heterocycles. The van der Waals surface area contributed by atoms with E-state index in [1.54, 1.807) is 0 Å². The summed E-state index contributed by atoms with van der Waals surface area (Å²) in [5, 5.41) is 2.41. The SMILES string of the molecule is S=C=NCC1Cc2ccccc21. The van der Waals surface area contributed by atoms with E-state index < -0.39 is 0 Å². The molecule has 60 valence electrons. The molecule has 1 aromatic carbocycles. The highest BCUT2D eigenvalue weighted by atomic mass is 32.1. The van der Waals surface area contributed by atoms with Gasteiger partial charge in [-0.15, -0.1) is 0 Å². The number of isothiocyanates is 1. The monoisotopic (exact) mass is 175 g/mol. The summed E-state index contributed by atoms with van der Waals surface area (Å²) in [5.74, 6) is 0.594. The van der Waals surface area contributed by atoms with Crippen molar-refractivity contribution in [3.63, 3.8) is 0 Å². The largest absolute Gasteiger partial charge is 0.232 e. The van der Waals surface area contributed by atoms with Crippen LogP contribution in [-0.2, 0) is 6.42 Å². The molecule has 2 rings (SSSR count). The second kappa shape index (κ2) is 3.18. The Morgan fingerprint density at radius 3 is 3.08 bits per heavy atom. The molecular weight excluding hydrogens is 166 g/mol. The van der Waals surface area contributed by atoms with Gasteiger partial charge in [0.05, 0.1) is 11.7 Å². The van der Waals surface area contributed by atoms with E-state index in [0.29, 0.717) is 5.92 Å². The first kappa shape index (κ1) is 7.66. The van der Waals surface area contributed by atoms with Gasteiger partial charge in [-0.25, -0.2) is 4.99 Å². The first-order valence-electron chi connectivity index (χ1n) is 4.03. The van der Waals surface area contributed by atoms with Crippen LogP contribution >= 0.6 is 12.2 Å². The number of hydrogen-bond acceptors (Lipinski definition) is 2. The van der Waals surface area contributed by atoms with Crippen molar-refractivity contribution in [1.82, 2.24) is 0 Å². The normalized spacial score (nSPS) is 18.8. The summed E-state index contributed by atoms with van der Waals surface area (Å²) in [6.07, 6.45) is 1.15. The quantitative estimate of drug-likeness (QED) is 0.496. The van der Waals surface area contributed by atoms with Crippen molar-refractivity contribution in [3.05, 3.63) is 35.4 Å². The van der Waals surface area contributed by atoms with E-state index in [1.165, 1.54) is 11.1 Å². The zero-order chi connectivity index (χ0) is 8.39. The van der Waals surface area contributed by atoms with Crippen molar-refractivity contribution in [3.8, 4) is 0 Å². The molecule has 2 heteroatoms. The minimum atomic E-state index is 0.594. The van der Waals surface area contributed by atoms with E-state index in [9.17, 15) is 0 Å². The molecule has 1 aliphatic rings. The van der Waals surface area contributed by atoms with Crippen molar-refractivity contribution in [2.24, 2.45) is 4.99 Å². The molecule has 0 saturated heterocycles. The Labute approximate surface area is 77.1 Å². The van der Waals surface area contributed by atoms with Crippen LogP contribution in [0.4, 0.5) is 0 Å². The summed E-state index contributed by atoms with van der Waals surface area (Å²) in [6, 6.07) is 8.50. The summed E-state index contributed by atoms with van der Waals surface area (Å²) in [6.45, 7) is 0.806. The van der Waals surface area contributed by atoms with Gasteiger partial charge < -0.3 is 0 Å². The second-order valence-corrected chi connectivity index (χ2v) is 3.21. The highest BCUT2D eigenvalue weighted by Gasteiger charge is 2.24. The average molecular weight is 175 g/mol. The number of nitrogens with zero attached hydrogens (tertiary/aromatic N) is 1. The van der Waals surface area contributed by atoms with Crippen LogP contribution in [-0.4, -0.2) is 11.7 Å². The summed E-state index contributed by atoms with van der Waals surface area (Å²) in [4.78, 5) is 3.96. The Hall–Kier alpha value is -0.980. The molecule has 12 heavy (non-hydrogen) atoms. The number of hydrogen-bond donors (Lipinski definition) is 0. The molecule has 0 aromatic heterocycles. The van der Waals surface area contributed by atoms with Crippen molar-refractivity contribution in [2.45, 2.75) is 12.3 Å². The number of aliphatic imine (C=N–C) groups is 1. The van der Waals surface area contributed by atoms with Crippen molar-refractivity contribution < 1.29 is 0 Å². The third kappa shape index (κ3) is 1.20. The molecule has 0 saturated carbocycles. The van der Waals surface area contributed by atoms with Crippen molar-refractivity contribution in [1.29, 1.82) is 0 Å². The minimum Gasteiger partial charge on any atom is -0.232 e. The van der Waals surface area contributed by atoms with Gasteiger partial charge in [0.15, 0.2) is 0 Å². The lowest BCUT2D eigenvalue weighted by molar-refractivity contribution is 0.621. The predicted molar refractivity (Wildman–Crippen MR) is 52.8 cm³/mol. The fourth-order valence-corrected chi connectivity index (χ4v) is 1.75. The van der Waals surface area contributed by atoms with Crippen molar-refractivity contribution >= 4 is 17.4 Å². The van der Waals surface area contributed by atoms with Gasteiger partial charge in [0, 0.05) is 5.92 Å². The van der Waals surface area contributed by atoms with Crippen LogP contribution in [0.15, 0.2) is 29.3 Å². The third-order valence-electron chi connectivity index (χ3n) is 2.34. The van der Waals surface area contributed by atoms with E-state index >= 15 is 0 Å². The topological polar surface area (TPSA) is 12.4 Å². The van der Waals surface area contributed by atoms with Gasteiger partial charge in [-0.2, -0.15) is 0 Å².